The summed E-state index contributed by atoms with van der Waals surface area (Å²) in [5.41, 5.74) is 0.875. The summed E-state index contributed by atoms with van der Waals surface area (Å²) in [5, 5.41) is -0.617. The van der Waals surface area contributed by atoms with Crippen LogP contribution in [0.1, 0.15) is 50.2 Å². The van der Waals surface area contributed by atoms with Gasteiger partial charge in [0.1, 0.15) is 5.75 Å². The molecule has 0 aliphatic rings. The largest absolute Gasteiger partial charge is 0.459 e. The van der Waals surface area contributed by atoms with E-state index in [0.29, 0.717) is 12.3 Å². The summed E-state index contributed by atoms with van der Waals surface area (Å²) < 4.78 is 34.0. The van der Waals surface area contributed by atoms with Crippen LogP contribution in [-0.2, 0) is 16.7 Å². The van der Waals surface area contributed by atoms with Crippen molar-refractivity contribution in [1.29, 1.82) is 0 Å². The predicted molar refractivity (Wildman–Crippen MR) is 99.5 cm³/mol. The minimum atomic E-state index is -3.62. The second-order valence-electron chi connectivity index (χ2n) is 6.44. The Morgan fingerprint density at radius 3 is 2.31 bits per heavy atom. The Balaban J connectivity index is 2.15. The molecule has 0 bridgehead atoms. The van der Waals surface area contributed by atoms with E-state index in [1.54, 1.807) is 55.1 Å². The van der Waals surface area contributed by atoms with Crippen molar-refractivity contribution in [2.75, 3.05) is 0 Å². The van der Waals surface area contributed by atoms with E-state index >= 15 is 0 Å². The van der Waals surface area contributed by atoms with Gasteiger partial charge in [0.25, 0.3) is 5.91 Å². The van der Waals surface area contributed by atoms with Gasteiger partial charge in [-0.1, -0.05) is 19.1 Å². The molecule has 1 amide bonds. The van der Waals surface area contributed by atoms with Crippen molar-refractivity contribution in [3.8, 4) is 5.75 Å². The van der Waals surface area contributed by atoms with Crippen molar-refractivity contribution in [3.63, 3.8) is 0 Å². The molecule has 2 aromatic rings. The normalized spacial score (nSPS) is 12.8. The summed E-state index contributed by atoms with van der Waals surface area (Å²) in [6.45, 7) is 7.52. The molecule has 0 saturated heterocycles. The number of amides is 1. The number of nitrogens with zero attached hydrogens (tertiary/aromatic N) is 1. The Morgan fingerprint density at radius 2 is 1.81 bits per heavy atom. The number of hydrogen-bond donors (Lipinski definition) is 0. The lowest BCUT2D eigenvalue weighted by Gasteiger charge is -2.28. The van der Waals surface area contributed by atoms with E-state index in [1.165, 1.54) is 6.26 Å². The van der Waals surface area contributed by atoms with Gasteiger partial charge in [-0.15, -0.1) is 0 Å². The molecule has 1 heterocycles. The van der Waals surface area contributed by atoms with Crippen LogP contribution in [0.2, 0.25) is 0 Å². The van der Waals surface area contributed by atoms with E-state index < -0.39 is 15.4 Å². The smallest absolute Gasteiger partial charge is 0.311 e. The fraction of sp³-hybridized carbons (Fsp3) is 0.421. The average molecular weight is 379 g/mol. The molecule has 0 spiro atoms. The standard InChI is InChI=1S/C19H25NO5S/c1-5-15(4)20(19(21)18-7-6-12-24-18)13-16-8-10-17(11-9-16)25-26(22,23)14(2)3/h6-12,14-15H,5,13H2,1-4H3/t15-/m1/s1. The van der Waals surface area contributed by atoms with Crippen LogP contribution in [0.25, 0.3) is 0 Å². The van der Waals surface area contributed by atoms with Gasteiger partial charge in [0.15, 0.2) is 5.76 Å². The van der Waals surface area contributed by atoms with Crippen LogP contribution in [0, 0.1) is 0 Å². The zero-order valence-corrected chi connectivity index (χ0v) is 16.3. The predicted octanol–water partition coefficient (Wildman–Crippen LogP) is 3.84. The molecular weight excluding hydrogens is 354 g/mol. The number of hydrogen-bond acceptors (Lipinski definition) is 5. The van der Waals surface area contributed by atoms with E-state index in [9.17, 15) is 13.2 Å². The highest BCUT2D eigenvalue weighted by molar-refractivity contribution is 7.87. The number of carbonyl (C=O) groups is 1. The van der Waals surface area contributed by atoms with Crippen molar-refractivity contribution in [1.82, 2.24) is 4.90 Å². The zero-order chi connectivity index (χ0) is 19.3. The van der Waals surface area contributed by atoms with Gasteiger partial charge in [-0.25, -0.2) is 0 Å². The number of furan rings is 1. The van der Waals surface area contributed by atoms with E-state index in [1.807, 2.05) is 13.8 Å². The first kappa shape index (κ1) is 20.0. The van der Waals surface area contributed by atoms with Crippen LogP contribution >= 0.6 is 0 Å². The maximum absolute atomic E-state index is 12.7. The van der Waals surface area contributed by atoms with Gasteiger partial charge in [0, 0.05) is 12.6 Å². The Hall–Kier alpha value is -2.28. The second kappa shape index (κ2) is 8.40. The molecule has 1 aromatic carbocycles. The number of carbonyl (C=O) groups excluding carboxylic acids is 1. The van der Waals surface area contributed by atoms with Crippen molar-refractivity contribution in [2.45, 2.75) is 52.0 Å². The first-order chi connectivity index (χ1) is 12.2. The van der Waals surface area contributed by atoms with Crippen LogP contribution in [-0.4, -0.2) is 30.5 Å². The lowest BCUT2D eigenvalue weighted by atomic mass is 10.1. The van der Waals surface area contributed by atoms with Crippen molar-refractivity contribution in [3.05, 3.63) is 54.0 Å². The van der Waals surface area contributed by atoms with Crippen LogP contribution in [0.15, 0.2) is 47.1 Å². The molecule has 0 unspecified atom stereocenters. The van der Waals surface area contributed by atoms with Crippen LogP contribution < -0.4 is 4.18 Å². The van der Waals surface area contributed by atoms with Gasteiger partial charge in [0.2, 0.25) is 0 Å². The fourth-order valence-corrected chi connectivity index (χ4v) is 2.84. The summed E-state index contributed by atoms with van der Waals surface area (Å²) in [5.74, 6) is 0.384. The summed E-state index contributed by atoms with van der Waals surface area (Å²) in [6, 6.07) is 10.1. The monoisotopic (exact) mass is 379 g/mol. The third-order valence-corrected chi connectivity index (χ3v) is 5.76. The minimum absolute atomic E-state index is 0.0323. The van der Waals surface area contributed by atoms with Gasteiger partial charge in [-0.05, 0) is 57.0 Å². The van der Waals surface area contributed by atoms with Crippen LogP contribution in [0.4, 0.5) is 0 Å². The molecule has 26 heavy (non-hydrogen) atoms. The molecule has 0 aliphatic heterocycles. The Bertz CT molecular complexity index is 810. The van der Waals surface area contributed by atoms with E-state index in [2.05, 4.69) is 0 Å². The Morgan fingerprint density at radius 1 is 1.15 bits per heavy atom. The van der Waals surface area contributed by atoms with Gasteiger partial charge in [0.05, 0.1) is 11.5 Å². The van der Waals surface area contributed by atoms with E-state index in [0.717, 1.165) is 12.0 Å². The molecule has 0 saturated carbocycles. The maximum Gasteiger partial charge on any atom is 0.311 e. The molecule has 0 fully saturated rings. The van der Waals surface area contributed by atoms with E-state index in [4.69, 9.17) is 8.60 Å². The molecule has 6 nitrogen and oxygen atoms in total. The molecule has 1 aromatic heterocycles. The Kier molecular flexibility index (Phi) is 6.47. The molecule has 2 rings (SSSR count). The quantitative estimate of drug-likeness (QED) is 0.651. The molecule has 7 heteroatoms. The first-order valence-corrected chi connectivity index (χ1v) is 10.1. The molecular formula is C19H25NO5S. The molecule has 0 N–H and O–H groups in total. The van der Waals surface area contributed by atoms with Gasteiger partial charge in [-0.2, -0.15) is 8.42 Å². The lowest BCUT2D eigenvalue weighted by Crippen LogP contribution is -2.37. The fourth-order valence-electron chi connectivity index (χ4n) is 2.27. The SMILES string of the molecule is CC[C@@H](C)N(Cc1ccc(OS(=O)(=O)C(C)C)cc1)C(=O)c1ccco1. The number of rotatable bonds is 8. The highest BCUT2D eigenvalue weighted by atomic mass is 32.2. The third kappa shape index (κ3) is 4.88. The summed E-state index contributed by atoms with van der Waals surface area (Å²) >= 11 is 0. The highest BCUT2D eigenvalue weighted by Gasteiger charge is 2.23. The zero-order valence-electron chi connectivity index (χ0n) is 15.5. The topological polar surface area (TPSA) is 76.8 Å². The Labute approximate surface area is 154 Å². The number of benzene rings is 1. The summed E-state index contributed by atoms with van der Waals surface area (Å²) in [6.07, 6.45) is 2.28. The average Bonchev–Trinajstić information content (AvgIpc) is 3.14. The molecule has 1 atom stereocenters. The second-order valence-corrected chi connectivity index (χ2v) is 8.53. The third-order valence-electron chi connectivity index (χ3n) is 4.18. The maximum atomic E-state index is 12.7. The van der Waals surface area contributed by atoms with Gasteiger partial charge in [-0.3, -0.25) is 4.79 Å². The van der Waals surface area contributed by atoms with Crippen molar-refractivity contribution in [2.24, 2.45) is 0 Å². The van der Waals surface area contributed by atoms with Crippen molar-refractivity contribution < 1.29 is 21.8 Å². The van der Waals surface area contributed by atoms with Gasteiger partial charge < -0.3 is 13.5 Å². The molecule has 142 valence electrons. The minimum Gasteiger partial charge on any atom is -0.459 e. The van der Waals surface area contributed by atoms with Crippen molar-refractivity contribution >= 4 is 16.0 Å². The molecule has 0 radical (unpaired) electrons. The summed E-state index contributed by atoms with van der Waals surface area (Å²) in [7, 11) is -3.62. The van der Waals surface area contributed by atoms with E-state index in [-0.39, 0.29) is 17.7 Å². The van der Waals surface area contributed by atoms with Crippen LogP contribution in [0.5, 0.6) is 5.75 Å². The summed E-state index contributed by atoms with van der Waals surface area (Å²) in [4.78, 5) is 14.4. The first-order valence-electron chi connectivity index (χ1n) is 8.61. The van der Waals surface area contributed by atoms with Crippen LogP contribution in [0.3, 0.4) is 0 Å². The lowest BCUT2D eigenvalue weighted by molar-refractivity contribution is 0.0638. The molecule has 0 aliphatic carbocycles. The highest BCUT2D eigenvalue weighted by Crippen LogP contribution is 2.20. The van der Waals surface area contributed by atoms with Gasteiger partial charge >= 0.3 is 10.1 Å².